The maximum atomic E-state index is 11.9. The summed E-state index contributed by atoms with van der Waals surface area (Å²) in [4.78, 5) is 14.9. The molecule has 0 aliphatic heterocycles. The van der Waals surface area contributed by atoms with Gasteiger partial charge in [0.15, 0.2) is 5.78 Å². The summed E-state index contributed by atoms with van der Waals surface area (Å²) in [5.74, 6) is 1.42. The number of rotatable bonds is 2. The van der Waals surface area contributed by atoms with Crippen molar-refractivity contribution >= 4 is 5.78 Å². The third-order valence-corrected chi connectivity index (χ3v) is 3.27. The first kappa shape index (κ1) is 9.50. The Morgan fingerprint density at radius 2 is 2.07 bits per heavy atom. The van der Waals surface area contributed by atoms with Crippen LogP contribution in [0.4, 0.5) is 0 Å². The van der Waals surface area contributed by atoms with Gasteiger partial charge in [0.1, 0.15) is 0 Å². The number of hydrogen-bond acceptors (Lipinski definition) is 1. The first-order chi connectivity index (χ1) is 6.77. The fraction of sp³-hybridized carbons (Fsp3) is 0.583. The Balaban J connectivity index is 1.99. The maximum absolute atomic E-state index is 11.9. The van der Waals surface area contributed by atoms with E-state index in [0.717, 1.165) is 24.3 Å². The Labute approximate surface area is 84.7 Å². The summed E-state index contributed by atoms with van der Waals surface area (Å²) in [6, 6.07) is 1.88. The average molecular weight is 191 g/mol. The van der Waals surface area contributed by atoms with Crippen molar-refractivity contribution in [2.24, 2.45) is 11.8 Å². The molecular weight excluding hydrogens is 174 g/mol. The van der Waals surface area contributed by atoms with E-state index >= 15 is 0 Å². The molecule has 0 spiro atoms. The van der Waals surface area contributed by atoms with Gasteiger partial charge in [-0.1, -0.05) is 19.8 Å². The first-order valence-electron chi connectivity index (χ1n) is 5.44. The van der Waals surface area contributed by atoms with Gasteiger partial charge in [0.05, 0.1) is 0 Å². The molecule has 2 heteroatoms. The van der Waals surface area contributed by atoms with Crippen LogP contribution in [0.25, 0.3) is 0 Å². The van der Waals surface area contributed by atoms with Crippen LogP contribution in [0.15, 0.2) is 18.5 Å². The van der Waals surface area contributed by atoms with Gasteiger partial charge in [0.2, 0.25) is 0 Å². The largest absolute Gasteiger partial charge is 0.367 e. The van der Waals surface area contributed by atoms with Crippen molar-refractivity contribution in [3.05, 3.63) is 24.0 Å². The highest BCUT2D eigenvalue weighted by Gasteiger charge is 2.25. The molecule has 1 heterocycles. The van der Waals surface area contributed by atoms with E-state index in [-0.39, 0.29) is 5.92 Å². The number of nitrogens with one attached hydrogen (secondary N) is 1. The van der Waals surface area contributed by atoms with Crippen LogP contribution in [0, 0.1) is 11.8 Å². The van der Waals surface area contributed by atoms with Gasteiger partial charge < -0.3 is 4.98 Å². The number of Topliss-reactive ketones (excluding diaryl/α,β-unsaturated/α-hetero) is 1. The van der Waals surface area contributed by atoms with Crippen molar-refractivity contribution in [3.63, 3.8) is 0 Å². The minimum atomic E-state index is 0.280. The van der Waals surface area contributed by atoms with Crippen LogP contribution in [-0.4, -0.2) is 10.8 Å². The standard InChI is InChI=1S/C12H17NO/c1-9-2-4-10(5-3-9)12(14)11-6-7-13-8-11/h6-10,13H,2-5H2,1H3. The van der Waals surface area contributed by atoms with Crippen LogP contribution < -0.4 is 0 Å². The number of carbonyl (C=O) groups is 1. The minimum absolute atomic E-state index is 0.280. The molecule has 0 amide bonds. The van der Waals surface area contributed by atoms with Crippen LogP contribution in [0.2, 0.25) is 0 Å². The van der Waals surface area contributed by atoms with Crippen LogP contribution in [0.1, 0.15) is 43.0 Å². The molecule has 1 N–H and O–H groups in total. The zero-order valence-corrected chi connectivity index (χ0v) is 8.62. The van der Waals surface area contributed by atoms with Gasteiger partial charge in [0.25, 0.3) is 0 Å². The molecule has 2 rings (SSSR count). The molecule has 0 unspecified atom stereocenters. The molecule has 0 aromatic carbocycles. The monoisotopic (exact) mass is 191 g/mol. The lowest BCUT2D eigenvalue weighted by Gasteiger charge is -2.24. The fourth-order valence-corrected chi connectivity index (χ4v) is 2.24. The molecule has 14 heavy (non-hydrogen) atoms. The number of hydrogen-bond donors (Lipinski definition) is 1. The number of aromatic amines is 1. The normalized spacial score (nSPS) is 27.5. The maximum Gasteiger partial charge on any atom is 0.167 e. The fourth-order valence-electron chi connectivity index (χ4n) is 2.24. The van der Waals surface area contributed by atoms with Crippen LogP contribution >= 0.6 is 0 Å². The van der Waals surface area contributed by atoms with E-state index in [9.17, 15) is 4.79 Å². The Morgan fingerprint density at radius 1 is 1.36 bits per heavy atom. The van der Waals surface area contributed by atoms with E-state index in [0.29, 0.717) is 5.78 Å². The zero-order chi connectivity index (χ0) is 9.97. The molecule has 1 fully saturated rings. The van der Waals surface area contributed by atoms with Gasteiger partial charge in [-0.05, 0) is 24.8 Å². The lowest BCUT2D eigenvalue weighted by molar-refractivity contribution is 0.0876. The van der Waals surface area contributed by atoms with Crippen molar-refractivity contribution in [2.45, 2.75) is 32.6 Å². The van der Waals surface area contributed by atoms with E-state index in [1.54, 1.807) is 6.20 Å². The van der Waals surface area contributed by atoms with Gasteiger partial charge in [-0.3, -0.25) is 4.79 Å². The smallest absolute Gasteiger partial charge is 0.167 e. The summed E-state index contributed by atoms with van der Waals surface area (Å²) in [6.07, 6.45) is 8.19. The molecule has 1 aliphatic rings. The van der Waals surface area contributed by atoms with Gasteiger partial charge in [-0.25, -0.2) is 0 Å². The third-order valence-electron chi connectivity index (χ3n) is 3.27. The molecule has 76 valence electrons. The van der Waals surface area contributed by atoms with Crippen LogP contribution in [0.5, 0.6) is 0 Å². The molecule has 0 bridgehead atoms. The van der Waals surface area contributed by atoms with Crippen molar-refractivity contribution < 1.29 is 4.79 Å². The van der Waals surface area contributed by atoms with Crippen molar-refractivity contribution in [3.8, 4) is 0 Å². The van der Waals surface area contributed by atoms with Gasteiger partial charge in [-0.2, -0.15) is 0 Å². The van der Waals surface area contributed by atoms with E-state index < -0.39 is 0 Å². The molecule has 0 radical (unpaired) electrons. The van der Waals surface area contributed by atoms with Crippen molar-refractivity contribution in [2.75, 3.05) is 0 Å². The lowest BCUT2D eigenvalue weighted by atomic mass is 9.80. The predicted octanol–water partition coefficient (Wildman–Crippen LogP) is 3.02. The third kappa shape index (κ3) is 1.89. The SMILES string of the molecule is CC1CCC(C(=O)c2cc[nH]c2)CC1. The highest BCUT2D eigenvalue weighted by Crippen LogP contribution is 2.30. The molecule has 2 nitrogen and oxygen atoms in total. The van der Waals surface area contributed by atoms with Crippen molar-refractivity contribution in [1.29, 1.82) is 0 Å². The summed E-state index contributed by atoms with van der Waals surface area (Å²) in [5, 5.41) is 0. The van der Waals surface area contributed by atoms with Crippen LogP contribution in [0.3, 0.4) is 0 Å². The quantitative estimate of drug-likeness (QED) is 0.716. The Morgan fingerprint density at radius 3 is 2.64 bits per heavy atom. The van der Waals surface area contributed by atoms with Gasteiger partial charge >= 0.3 is 0 Å². The Bertz CT molecular complexity index is 294. The number of carbonyl (C=O) groups excluding carboxylic acids is 1. The van der Waals surface area contributed by atoms with Crippen molar-refractivity contribution in [1.82, 2.24) is 4.98 Å². The summed E-state index contributed by atoms with van der Waals surface area (Å²) >= 11 is 0. The van der Waals surface area contributed by atoms with Gasteiger partial charge in [0, 0.05) is 23.9 Å². The summed E-state index contributed by atoms with van der Waals surface area (Å²) in [5.41, 5.74) is 0.851. The van der Waals surface area contributed by atoms with E-state index in [1.165, 1.54) is 12.8 Å². The predicted molar refractivity (Wildman–Crippen MR) is 56.2 cm³/mol. The molecule has 1 aliphatic carbocycles. The summed E-state index contributed by atoms with van der Waals surface area (Å²) in [6.45, 7) is 2.27. The highest BCUT2D eigenvalue weighted by atomic mass is 16.1. The molecule has 1 aromatic heterocycles. The average Bonchev–Trinajstić information content (AvgIpc) is 2.71. The van der Waals surface area contributed by atoms with E-state index in [2.05, 4.69) is 11.9 Å². The number of ketones is 1. The highest BCUT2D eigenvalue weighted by molar-refractivity contribution is 5.97. The molecule has 1 aromatic rings. The second kappa shape index (κ2) is 3.99. The Hall–Kier alpha value is -1.05. The minimum Gasteiger partial charge on any atom is -0.367 e. The molecule has 0 saturated heterocycles. The molecular formula is C12H17NO. The van der Waals surface area contributed by atoms with E-state index in [4.69, 9.17) is 0 Å². The topological polar surface area (TPSA) is 32.9 Å². The number of H-pyrrole nitrogens is 1. The summed E-state index contributed by atoms with van der Waals surface area (Å²) < 4.78 is 0. The summed E-state index contributed by atoms with van der Waals surface area (Å²) in [7, 11) is 0. The first-order valence-corrected chi connectivity index (χ1v) is 5.44. The van der Waals surface area contributed by atoms with Crippen LogP contribution in [-0.2, 0) is 0 Å². The Kier molecular flexibility index (Phi) is 2.71. The molecule has 0 atom stereocenters. The second-order valence-electron chi connectivity index (χ2n) is 4.42. The number of aromatic nitrogens is 1. The van der Waals surface area contributed by atoms with E-state index in [1.807, 2.05) is 12.3 Å². The second-order valence-corrected chi connectivity index (χ2v) is 4.42. The lowest BCUT2D eigenvalue weighted by Crippen LogP contribution is -2.20. The van der Waals surface area contributed by atoms with Gasteiger partial charge in [-0.15, -0.1) is 0 Å². The zero-order valence-electron chi connectivity index (χ0n) is 8.62. The molecule has 1 saturated carbocycles.